The molecule has 0 spiro atoms. The quantitative estimate of drug-likeness (QED) is 0.892. The Labute approximate surface area is 137 Å². The molecule has 0 bridgehead atoms. The molecule has 1 aromatic carbocycles. The number of morpholine rings is 1. The van der Waals surface area contributed by atoms with Crippen LogP contribution in [0, 0.1) is 5.82 Å². The molecule has 0 radical (unpaired) electrons. The van der Waals surface area contributed by atoms with Gasteiger partial charge in [0.25, 0.3) is 5.56 Å². The molecule has 0 saturated carbocycles. The Hall–Kier alpha value is -2.12. The highest BCUT2D eigenvalue weighted by atomic mass is 35.5. The molecule has 0 unspecified atom stereocenters. The predicted molar refractivity (Wildman–Crippen MR) is 86.6 cm³/mol. The van der Waals surface area contributed by atoms with Gasteiger partial charge in [-0.25, -0.2) is 9.49 Å². The molecule has 1 aromatic heterocycles. The lowest BCUT2D eigenvalue weighted by Gasteiger charge is -2.29. The number of benzene rings is 1. The Morgan fingerprint density at radius 1 is 1.39 bits per heavy atom. The molecule has 0 atom stereocenters. The van der Waals surface area contributed by atoms with Crippen molar-refractivity contribution in [2.24, 2.45) is 0 Å². The number of hydrogen-bond donors (Lipinski definition) is 2. The average Bonchev–Trinajstić information content (AvgIpc) is 2.57. The highest BCUT2D eigenvalue weighted by Gasteiger charge is 2.15. The fraction of sp³-hybridized carbons (Fsp3) is 0.333. The largest absolute Gasteiger partial charge is 0.378 e. The maximum atomic E-state index is 14.3. The van der Waals surface area contributed by atoms with Gasteiger partial charge in [0.2, 0.25) is 0 Å². The lowest BCUT2D eigenvalue weighted by Crippen LogP contribution is -2.36. The number of aromatic amines is 1. The first-order chi connectivity index (χ1) is 11.1. The van der Waals surface area contributed by atoms with Crippen molar-refractivity contribution in [1.82, 2.24) is 10.2 Å². The second-order valence-corrected chi connectivity index (χ2v) is 5.54. The SMILES string of the molecule is O=c1[nH]ncc(NCc2ccc(N3CCOCC3)c(F)c2)c1Cl. The number of nitrogens with zero attached hydrogens (tertiary/aromatic N) is 2. The monoisotopic (exact) mass is 338 g/mol. The van der Waals surface area contributed by atoms with Crippen molar-refractivity contribution in [3.05, 3.63) is 51.2 Å². The average molecular weight is 339 g/mol. The van der Waals surface area contributed by atoms with E-state index in [0.29, 0.717) is 44.2 Å². The molecule has 2 aromatic rings. The summed E-state index contributed by atoms with van der Waals surface area (Å²) >= 11 is 5.88. The first-order valence-corrected chi connectivity index (χ1v) is 7.61. The van der Waals surface area contributed by atoms with E-state index in [1.165, 1.54) is 12.3 Å². The Kier molecular flexibility index (Phi) is 4.78. The van der Waals surface area contributed by atoms with Gasteiger partial charge in [-0.2, -0.15) is 5.10 Å². The number of ether oxygens (including phenoxy) is 1. The minimum atomic E-state index is -0.467. The van der Waals surface area contributed by atoms with E-state index in [9.17, 15) is 9.18 Å². The van der Waals surface area contributed by atoms with Gasteiger partial charge < -0.3 is 15.0 Å². The van der Waals surface area contributed by atoms with Gasteiger partial charge in [0.1, 0.15) is 10.8 Å². The smallest absolute Gasteiger partial charge is 0.285 e. The normalized spacial score (nSPS) is 14.8. The van der Waals surface area contributed by atoms with Gasteiger partial charge in [-0.15, -0.1) is 0 Å². The lowest BCUT2D eigenvalue weighted by atomic mass is 10.1. The maximum Gasteiger partial charge on any atom is 0.285 e. The van der Waals surface area contributed by atoms with Crippen LogP contribution in [0.5, 0.6) is 0 Å². The molecule has 8 heteroatoms. The molecule has 122 valence electrons. The molecule has 2 heterocycles. The van der Waals surface area contributed by atoms with Crippen LogP contribution >= 0.6 is 11.6 Å². The van der Waals surface area contributed by atoms with Gasteiger partial charge in [-0.3, -0.25) is 4.79 Å². The van der Waals surface area contributed by atoms with E-state index in [0.717, 1.165) is 5.56 Å². The van der Waals surface area contributed by atoms with Crippen LogP contribution in [0.15, 0.2) is 29.2 Å². The summed E-state index contributed by atoms with van der Waals surface area (Å²) < 4.78 is 19.6. The van der Waals surface area contributed by atoms with Crippen LogP contribution in [0.2, 0.25) is 5.02 Å². The summed E-state index contributed by atoms with van der Waals surface area (Å²) in [6.45, 7) is 2.92. The zero-order valence-electron chi connectivity index (χ0n) is 12.3. The van der Waals surface area contributed by atoms with E-state index in [1.54, 1.807) is 6.07 Å². The van der Waals surface area contributed by atoms with Gasteiger partial charge in [0.05, 0.1) is 30.8 Å². The summed E-state index contributed by atoms with van der Waals surface area (Å²) in [5.74, 6) is -0.277. The van der Waals surface area contributed by atoms with E-state index >= 15 is 0 Å². The molecular weight excluding hydrogens is 323 g/mol. The fourth-order valence-electron chi connectivity index (χ4n) is 2.43. The number of H-pyrrole nitrogens is 1. The minimum absolute atomic E-state index is 0.0328. The van der Waals surface area contributed by atoms with Crippen molar-refractivity contribution in [2.75, 3.05) is 36.5 Å². The standard InChI is InChI=1S/C15H16ClFN4O2/c16-14-12(9-19-20-15(14)22)18-8-10-1-2-13(11(17)7-10)21-3-5-23-6-4-21/h1-2,7,9H,3-6,8H2,(H2,18,20,22). The predicted octanol–water partition coefficient (Wildman–Crippen LogP) is 2.01. The molecule has 0 amide bonds. The van der Waals surface area contributed by atoms with E-state index in [4.69, 9.17) is 16.3 Å². The molecule has 2 N–H and O–H groups in total. The van der Waals surface area contributed by atoms with Crippen molar-refractivity contribution in [3.63, 3.8) is 0 Å². The van der Waals surface area contributed by atoms with Gasteiger partial charge in [0, 0.05) is 19.6 Å². The topological polar surface area (TPSA) is 70.2 Å². The van der Waals surface area contributed by atoms with Crippen molar-refractivity contribution >= 4 is 23.0 Å². The molecule has 1 aliphatic rings. The number of rotatable bonds is 4. The second-order valence-electron chi connectivity index (χ2n) is 5.17. The summed E-state index contributed by atoms with van der Waals surface area (Å²) in [5, 5.41) is 8.93. The molecule has 23 heavy (non-hydrogen) atoms. The third-order valence-corrected chi connectivity index (χ3v) is 4.02. The summed E-state index contributed by atoms with van der Waals surface area (Å²) in [5.41, 5.74) is 1.27. The van der Waals surface area contributed by atoms with E-state index < -0.39 is 5.56 Å². The van der Waals surface area contributed by atoms with Gasteiger partial charge in [-0.05, 0) is 17.7 Å². The number of hydrogen-bond acceptors (Lipinski definition) is 5. The van der Waals surface area contributed by atoms with Crippen molar-refractivity contribution < 1.29 is 9.13 Å². The lowest BCUT2D eigenvalue weighted by molar-refractivity contribution is 0.122. The summed E-state index contributed by atoms with van der Waals surface area (Å²) in [6, 6.07) is 5.08. The van der Waals surface area contributed by atoms with E-state index in [2.05, 4.69) is 15.5 Å². The highest BCUT2D eigenvalue weighted by molar-refractivity contribution is 6.32. The first-order valence-electron chi connectivity index (χ1n) is 7.23. The van der Waals surface area contributed by atoms with Crippen LogP contribution in [0.4, 0.5) is 15.8 Å². The third-order valence-electron chi connectivity index (χ3n) is 3.64. The van der Waals surface area contributed by atoms with Gasteiger partial charge >= 0.3 is 0 Å². The number of nitrogens with one attached hydrogen (secondary N) is 2. The molecule has 1 saturated heterocycles. The van der Waals surface area contributed by atoms with Gasteiger partial charge in [-0.1, -0.05) is 17.7 Å². The Morgan fingerprint density at radius 2 is 2.17 bits per heavy atom. The van der Waals surface area contributed by atoms with Crippen LogP contribution in [-0.4, -0.2) is 36.5 Å². The molecule has 1 fully saturated rings. The zero-order valence-corrected chi connectivity index (χ0v) is 13.1. The molecule has 3 rings (SSSR count). The Bertz CT molecular complexity index is 746. The fourth-order valence-corrected chi connectivity index (χ4v) is 2.58. The minimum Gasteiger partial charge on any atom is -0.378 e. The number of anilines is 2. The molecular formula is C15H16ClFN4O2. The summed E-state index contributed by atoms with van der Waals surface area (Å²) in [6.07, 6.45) is 1.42. The third kappa shape index (κ3) is 3.62. The number of halogens is 2. The second kappa shape index (κ2) is 6.97. The zero-order chi connectivity index (χ0) is 16.2. The Morgan fingerprint density at radius 3 is 2.91 bits per heavy atom. The van der Waals surface area contributed by atoms with Crippen LogP contribution in [0.25, 0.3) is 0 Å². The van der Waals surface area contributed by atoms with Gasteiger partial charge in [0.15, 0.2) is 0 Å². The Balaban J connectivity index is 1.70. The van der Waals surface area contributed by atoms with Crippen LogP contribution in [0.3, 0.4) is 0 Å². The highest BCUT2D eigenvalue weighted by Crippen LogP contribution is 2.22. The maximum absolute atomic E-state index is 14.3. The van der Waals surface area contributed by atoms with E-state index in [-0.39, 0.29) is 10.8 Å². The summed E-state index contributed by atoms with van der Waals surface area (Å²) in [4.78, 5) is 13.3. The van der Waals surface area contributed by atoms with Crippen molar-refractivity contribution in [2.45, 2.75) is 6.54 Å². The van der Waals surface area contributed by atoms with E-state index in [1.807, 2.05) is 11.0 Å². The molecule has 6 nitrogen and oxygen atoms in total. The van der Waals surface area contributed by atoms with Crippen LogP contribution < -0.4 is 15.8 Å². The molecule has 0 aliphatic carbocycles. The van der Waals surface area contributed by atoms with Crippen molar-refractivity contribution in [1.29, 1.82) is 0 Å². The summed E-state index contributed by atoms with van der Waals surface area (Å²) in [7, 11) is 0. The van der Waals surface area contributed by atoms with Crippen molar-refractivity contribution in [3.8, 4) is 0 Å². The molecule has 1 aliphatic heterocycles. The number of aromatic nitrogens is 2. The van der Waals surface area contributed by atoms with Crippen LogP contribution in [-0.2, 0) is 11.3 Å². The first kappa shape index (κ1) is 15.8. The van der Waals surface area contributed by atoms with Crippen LogP contribution in [0.1, 0.15) is 5.56 Å².